The van der Waals surface area contributed by atoms with E-state index in [2.05, 4.69) is 55.9 Å². The van der Waals surface area contributed by atoms with E-state index in [4.69, 9.17) is 0 Å². The molecule has 0 saturated carbocycles. The lowest BCUT2D eigenvalue weighted by Crippen LogP contribution is -1.92. The Morgan fingerprint density at radius 2 is 1.85 bits per heavy atom. The Morgan fingerprint density at radius 1 is 1.15 bits per heavy atom. The van der Waals surface area contributed by atoms with Crippen molar-refractivity contribution in [2.75, 3.05) is 5.75 Å². The molecular weight excluding hydrogens is 176 g/mol. The van der Waals surface area contributed by atoms with E-state index in [0.717, 1.165) is 0 Å². The first-order valence-corrected chi connectivity index (χ1v) is 6.09. The minimum Gasteiger partial charge on any atom is -0.154 e. The molecule has 0 spiro atoms. The zero-order valence-electron chi connectivity index (χ0n) is 8.49. The maximum Gasteiger partial charge on any atom is 0.0294 e. The van der Waals surface area contributed by atoms with Gasteiger partial charge >= 0.3 is 0 Å². The molecule has 0 heterocycles. The number of hydrogen-bond donors (Lipinski definition) is 0. The van der Waals surface area contributed by atoms with Gasteiger partial charge in [-0.25, -0.2) is 0 Å². The standard InChI is InChI=1S/C12H18S/c1-3-10-13-12(4-2)11-8-6-5-7-9-11/h5-9,12H,3-4,10H2,1-2H3/t12-/m1/s1. The van der Waals surface area contributed by atoms with Crippen molar-refractivity contribution >= 4 is 11.8 Å². The fraction of sp³-hybridized carbons (Fsp3) is 0.500. The summed E-state index contributed by atoms with van der Waals surface area (Å²) in [4.78, 5) is 0. The Balaban J connectivity index is 2.56. The normalized spacial score (nSPS) is 12.8. The number of hydrogen-bond acceptors (Lipinski definition) is 1. The number of thioether (sulfide) groups is 1. The van der Waals surface area contributed by atoms with Crippen molar-refractivity contribution in [2.24, 2.45) is 0 Å². The lowest BCUT2D eigenvalue weighted by molar-refractivity contribution is 0.891. The molecule has 0 aliphatic heterocycles. The zero-order chi connectivity index (χ0) is 9.52. The predicted octanol–water partition coefficient (Wildman–Crippen LogP) is 4.28. The Morgan fingerprint density at radius 3 is 2.38 bits per heavy atom. The van der Waals surface area contributed by atoms with Gasteiger partial charge in [0.25, 0.3) is 0 Å². The molecule has 0 radical (unpaired) electrons. The van der Waals surface area contributed by atoms with Crippen LogP contribution in [0, 0.1) is 0 Å². The van der Waals surface area contributed by atoms with Gasteiger partial charge in [0.2, 0.25) is 0 Å². The summed E-state index contributed by atoms with van der Waals surface area (Å²) >= 11 is 2.07. The summed E-state index contributed by atoms with van der Waals surface area (Å²) < 4.78 is 0. The Labute approximate surface area is 85.7 Å². The summed E-state index contributed by atoms with van der Waals surface area (Å²) in [7, 11) is 0. The van der Waals surface area contributed by atoms with Crippen molar-refractivity contribution in [3.63, 3.8) is 0 Å². The highest BCUT2D eigenvalue weighted by Gasteiger charge is 2.07. The Hall–Kier alpha value is -0.430. The van der Waals surface area contributed by atoms with Crippen molar-refractivity contribution < 1.29 is 0 Å². The molecule has 0 fully saturated rings. The molecule has 1 rings (SSSR count). The average molecular weight is 194 g/mol. The molecule has 1 aromatic carbocycles. The Kier molecular flexibility index (Phi) is 4.99. The minimum absolute atomic E-state index is 0.696. The first-order chi connectivity index (χ1) is 6.38. The first-order valence-electron chi connectivity index (χ1n) is 5.05. The van der Waals surface area contributed by atoms with Gasteiger partial charge < -0.3 is 0 Å². The molecule has 0 nitrogen and oxygen atoms in total. The van der Waals surface area contributed by atoms with E-state index in [-0.39, 0.29) is 0 Å². The molecule has 1 atom stereocenters. The van der Waals surface area contributed by atoms with Crippen LogP contribution in [0.1, 0.15) is 37.5 Å². The lowest BCUT2D eigenvalue weighted by atomic mass is 10.1. The predicted molar refractivity (Wildman–Crippen MR) is 62.2 cm³/mol. The van der Waals surface area contributed by atoms with E-state index in [0.29, 0.717) is 5.25 Å². The SMILES string of the molecule is CCCS[C@H](CC)c1ccccc1. The zero-order valence-corrected chi connectivity index (χ0v) is 9.31. The van der Waals surface area contributed by atoms with Crippen molar-refractivity contribution in [1.29, 1.82) is 0 Å². The topological polar surface area (TPSA) is 0 Å². The van der Waals surface area contributed by atoms with Crippen LogP contribution in [0.5, 0.6) is 0 Å². The van der Waals surface area contributed by atoms with Crippen LogP contribution in [0.2, 0.25) is 0 Å². The highest BCUT2D eigenvalue weighted by Crippen LogP contribution is 2.31. The number of rotatable bonds is 5. The molecule has 1 heteroatoms. The second-order valence-electron chi connectivity index (χ2n) is 3.18. The average Bonchev–Trinajstić information content (AvgIpc) is 2.21. The molecule has 0 bridgehead atoms. The van der Waals surface area contributed by atoms with Crippen LogP contribution >= 0.6 is 11.8 Å². The monoisotopic (exact) mass is 194 g/mol. The van der Waals surface area contributed by atoms with E-state index in [1.165, 1.54) is 24.2 Å². The number of benzene rings is 1. The second kappa shape index (κ2) is 6.09. The fourth-order valence-corrected chi connectivity index (χ4v) is 2.48. The van der Waals surface area contributed by atoms with Crippen molar-refractivity contribution in [3.8, 4) is 0 Å². The van der Waals surface area contributed by atoms with Gasteiger partial charge in [0.1, 0.15) is 0 Å². The molecule has 0 amide bonds. The van der Waals surface area contributed by atoms with E-state index < -0.39 is 0 Å². The molecule has 13 heavy (non-hydrogen) atoms. The summed E-state index contributed by atoms with van der Waals surface area (Å²) in [5.41, 5.74) is 1.48. The molecule has 0 aliphatic rings. The highest BCUT2D eigenvalue weighted by molar-refractivity contribution is 7.99. The van der Waals surface area contributed by atoms with Crippen LogP contribution in [0.15, 0.2) is 30.3 Å². The van der Waals surface area contributed by atoms with Crippen LogP contribution in [-0.2, 0) is 0 Å². The van der Waals surface area contributed by atoms with Crippen LogP contribution in [0.3, 0.4) is 0 Å². The third-order valence-electron chi connectivity index (χ3n) is 2.07. The minimum atomic E-state index is 0.696. The van der Waals surface area contributed by atoms with Gasteiger partial charge in [-0.05, 0) is 24.2 Å². The lowest BCUT2D eigenvalue weighted by Gasteiger charge is -2.13. The maximum atomic E-state index is 2.26. The van der Waals surface area contributed by atoms with Crippen LogP contribution in [0.25, 0.3) is 0 Å². The van der Waals surface area contributed by atoms with Crippen LogP contribution < -0.4 is 0 Å². The largest absolute Gasteiger partial charge is 0.154 e. The van der Waals surface area contributed by atoms with E-state index in [9.17, 15) is 0 Å². The summed E-state index contributed by atoms with van der Waals surface area (Å²) in [5.74, 6) is 1.27. The highest BCUT2D eigenvalue weighted by atomic mass is 32.2. The van der Waals surface area contributed by atoms with Gasteiger partial charge in [0, 0.05) is 5.25 Å². The molecule has 0 unspecified atom stereocenters. The van der Waals surface area contributed by atoms with E-state index in [1.54, 1.807) is 0 Å². The molecule has 0 aromatic heterocycles. The van der Waals surface area contributed by atoms with Crippen LogP contribution in [0.4, 0.5) is 0 Å². The summed E-state index contributed by atoms with van der Waals surface area (Å²) in [6.45, 7) is 4.50. The Bertz CT molecular complexity index is 218. The molecule has 0 aliphatic carbocycles. The second-order valence-corrected chi connectivity index (χ2v) is 4.49. The van der Waals surface area contributed by atoms with Gasteiger partial charge in [0.15, 0.2) is 0 Å². The molecule has 0 saturated heterocycles. The van der Waals surface area contributed by atoms with Gasteiger partial charge in [-0.15, -0.1) is 0 Å². The van der Waals surface area contributed by atoms with Gasteiger partial charge in [-0.2, -0.15) is 11.8 Å². The molecular formula is C12H18S. The maximum absolute atomic E-state index is 2.26. The summed E-state index contributed by atoms with van der Waals surface area (Å²) in [5, 5.41) is 0.696. The van der Waals surface area contributed by atoms with Gasteiger partial charge in [-0.3, -0.25) is 0 Å². The van der Waals surface area contributed by atoms with E-state index >= 15 is 0 Å². The van der Waals surface area contributed by atoms with Crippen LogP contribution in [-0.4, -0.2) is 5.75 Å². The first kappa shape index (κ1) is 10.6. The molecule has 1 aromatic rings. The third kappa shape index (κ3) is 3.43. The quantitative estimate of drug-likeness (QED) is 0.674. The van der Waals surface area contributed by atoms with Crippen molar-refractivity contribution in [2.45, 2.75) is 31.9 Å². The van der Waals surface area contributed by atoms with Crippen molar-refractivity contribution in [3.05, 3.63) is 35.9 Å². The van der Waals surface area contributed by atoms with Gasteiger partial charge in [-0.1, -0.05) is 44.2 Å². The third-order valence-corrected chi connectivity index (χ3v) is 3.72. The molecule has 72 valence electrons. The smallest absolute Gasteiger partial charge is 0.0294 e. The van der Waals surface area contributed by atoms with Crippen molar-refractivity contribution in [1.82, 2.24) is 0 Å². The summed E-state index contributed by atoms with van der Waals surface area (Å²) in [6.07, 6.45) is 2.50. The molecule has 0 N–H and O–H groups in total. The van der Waals surface area contributed by atoms with E-state index in [1.807, 2.05) is 0 Å². The van der Waals surface area contributed by atoms with Gasteiger partial charge in [0.05, 0.1) is 0 Å². The fourth-order valence-electron chi connectivity index (χ4n) is 1.38. The summed E-state index contributed by atoms with van der Waals surface area (Å²) in [6, 6.07) is 10.8.